The number of hydrogen-bond donors (Lipinski definition) is 2. The highest BCUT2D eigenvalue weighted by Gasteiger charge is 2.30. The second-order valence-corrected chi connectivity index (χ2v) is 5.64. The molecule has 0 saturated heterocycles. The third-order valence-electron chi connectivity index (χ3n) is 3.93. The molecule has 1 aromatic carbocycles. The fraction of sp³-hybridized carbons (Fsp3) is 0.312. The number of hydrogen-bond acceptors (Lipinski definition) is 3. The number of anilines is 1. The fourth-order valence-corrected chi connectivity index (χ4v) is 2.55. The lowest BCUT2D eigenvalue weighted by molar-refractivity contribution is 0.0695. The molecule has 6 nitrogen and oxygen atoms in total. The largest absolute Gasteiger partial charge is 0.478 e. The molecule has 1 aliphatic carbocycles. The van der Waals surface area contributed by atoms with Crippen molar-refractivity contribution in [1.82, 2.24) is 9.78 Å². The second kappa shape index (κ2) is 5.29. The quantitative estimate of drug-likeness (QED) is 0.908. The summed E-state index contributed by atoms with van der Waals surface area (Å²) in [4.78, 5) is 23.7. The number of carboxylic acids is 1. The molecule has 22 heavy (non-hydrogen) atoms. The van der Waals surface area contributed by atoms with Crippen LogP contribution in [0.15, 0.2) is 24.4 Å². The molecule has 0 bridgehead atoms. The standard InChI is InChI=1S/C16H17N3O3/c1-9-3-6-11(7-12(9)16(21)22)18-15(20)14-13(10-4-5-10)8-17-19(14)2/h3,6-8,10H,4-5H2,1-2H3,(H,18,20)(H,21,22). The monoisotopic (exact) mass is 299 g/mol. The Bertz CT molecular complexity index is 760. The molecule has 0 radical (unpaired) electrons. The SMILES string of the molecule is Cc1ccc(NC(=O)c2c(C3CC3)cnn2C)cc1C(=O)O. The normalized spacial score (nSPS) is 13.9. The lowest BCUT2D eigenvalue weighted by atomic mass is 10.1. The number of benzene rings is 1. The van der Waals surface area contributed by atoms with E-state index in [-0.39, 0.29) is 11.5 Å². The molecule has 0 atom stereocenters. The van der Waals surface area contributed by atoms with Gasteiger partial charge in [-0.05, 0) is 43.4 Å². The minimum atomic E-state index is -1.01. The van der Waals surface area contributed by atoms with Crippen LogP contribution in [0, 0.1) is 6.92 Å². The molecule has 1 amide bonds. The van der Waals surface area contributed by atoms with Crippen LogP contribution < -0.4 is 5.32 Å². The fourth-order valence-electron chi connectivity index (χ4n) is 2.55. The van der Waals surface area contributed by atoms with Gasteiger partial charge in [0.05, 0.1) is 11.8 Å². The Morgan fingerprint density at radius 1 is 1.36 bits per heavy atom. The van der Waals surface area contributed by atoms with Gasteiger partial charge >= 0.3 is 5.97 Å². The number of rotatable bonds is 4. The molecule has 1 heterocycles. The van der Waals surface area contributed by atoms with Crippen molar-refractivity contribution in [3.63, 3.8) is 0 Å². The van der Waals surface area contributed by atoms with Crippen LogP contribution in [0.25, 0.3) is 0 Å². The third kappa shape index (κ3) is 2.59. The van der Waals surface area contributed by atoms with Crippen molar-refractivity contribution in [3.8, 4) is 0 Å². The molecule has 1 aromatic heterocycles. The third-order valence-corrected chi connectivity index (χ3v) is 3.93. The van der Waals surface area contributed by atoms with Crippen LogP contribution in [0.5, 0.6) is 0 Å². The highest BCUT2D eigenvalue weighted by Crippen LogP contribution is 2.41. The van der Waals surface area contributed by atoms with Crippen molar-refractivity contribution in [2.75, 3.05) is 5.32 Å². The molecule has 1 saturated carbocycles. The Hall–Kier alpha value is -2.63. The van der Waals surface area contributed by atoms with Crippen LogP contribution in [-0.4, -0.2) is 26.8 Å². The van der Waals surface area contributed by atoms with Crippen molar-refractivity contribution in [1.29, 1.82) is 0 Å². The average Bonchev–Trinajstić information content (AvgIpc) is 3.23. The molecule has 6 heteroatoms. The van der Waals surface area contributed by atoms with Crippen LogP contribution >= 0.6 is 0 Å². The van der Waals surface area contributed by atoms with E-state index in [1.54, 1.807) is 37.0 Å². The van der Waals surface area contributed by atoms with E-state index in [1.807, 2.05) is 0 Å². The maximum absolute atomic E-state index is 12.5. The van der Waals surface area contributed by atoms with Crippen molar-refractivity contribution in [2.45, 2.75) is 25.7 Å². The highest BCUT2D eigenvalue weighted by atomic mass is 16.4. The molecule has 2 aromatic rings. The van der Waals surface area contributed by atoms with Gasteiger partial charge in [-0.2, -0.15) is 5.10 Å². The number of aryl methyl sites for hydroxylation is 2. The first-order chi connectivity index (χ1) is 10.5. The van der Waals surface area contributed by atoms with E-state index in [0.29, 0.717) is 22.9 Å². The second-order valence-electron chi connectivity index (χ2n) is 5.64. The zero-order valence-corrected chi connectivity index (χ0v) is 12.5. The van der Waals surface area contributed by atoms with E-state index < -0.39 is 5.97 Å². The van der Waals surface area contributed by atoms with Crippen LogP contribution in [-0.2, 0) is 7.05 Å². The number of carboxylic acid groups (broad SMARTS) is 1. The summed E-state index contributed by atoms with van der Waals surface area (Å²) in [7, 11) is 1.73. The van der Waals surface area contributed by atoms with Crippen molar-refractivity contribution in [3.05, 3.63) is 46.8 Å². The van der Waals surface area contributed by atoms with E-state index in [9.17, 15) is 9.59 Å². The Balaban J connectivity index is 1.87. The van der Waals surface area contributed by atoms with Gasteiger partial charge in [-0.3, -0.25) is 9.48 Å². The lowest BCUT2D eigenvalue weighted by Crippen LogP contribution is -2.18. The van der Waals surface area contributed by atoms with Crippen LogP contribution in [0.3, 0.4) is 0 Å². The summed E-state index contributed by atoms with van der Waals surface area (Å²) in [6, 6.07) is 4.86. The molecule has 1 fully saturated rings. The summed E-state index contributed by atoms with van der Waals surface area (Å²) in [6.45, 7) is 1.72. The van der Waals surface area contributed by atoms with E-state index in [1.165, 1.54) is 6.07 Å². The molecular formula is C16H17N3O3. The van der Waals surface area contributed by atoms with Gasteiger partial charge in [0, 0.05) is 18.3 Å². The first-order valence-electron chi connectivity index (χ1n) is 7.14. The van der Waals surface area contributed by atoms with Gasteiger partial charge < -0.3 is 10.4 Å². The summed E-state index contributed by atoms with van der Waals surface area (Å²) >= 11 is 0. The minimum absolute atomic E-state index is 0.185. The van der Waals surface area contributed by atoms with Gasteiger partial charge in [-0.1, -0.05) is 6.07 Å². The predicted octanol–water partition coefficient (Wildman–Crippen LogP) is 2.56. The van der Waals surface area contributed by atoms with Gasteiger partial charge in [-0.25, -0.2) is 4.79 Å². The van der Waals surface area contributed by atoms with Crippen LogP contribution in [0.2, 0.25) is 0 Å². The molecular weight excluding hydrogens is 282 g/mol. The van der Waals surface area contributed by atoms with Crippen molar-refractivity contribution in [2.24, 2.45) is 7.05 Å². The maximum Gasteiger partial charge on any atom is 0.336 e. The zero-order valence-electron chi connectivity index (χ0n) is 12.5. The smallest absolute Gasteiger partial charge is 0.336 e. The maximum atomic E-state index is 12.5. The van der Waals surface area contributed by atoms with Crippen molar-refractivity contribution < 1.29 is 14.7 Å². The summed E-state index contributed by atoms with van der Waals surface area (Å²) in [5.74, 6) is -0.850. The molecule has 3 rings (SSSR count). The van der Waals surface area contributed by atoms with Gasteiger partial charge in [-0.15, -0.1) is 0 Å². The average molecular weight is 299 g/mol. The predicted molar refractivity (Wildman–Crippen MR) is 81.3 cm³/mol. The zero-order chi connectivity index (χ0) is 15.9. The van der Waals surface area contributed by atoms with Crippen molar-refractivity contribution >= 4 is 17.6 Å². The topological polar surface area (TPSA) is 84.2 Å². The summed E-state index contributed by atoms with van der Waals surface area (Å²) in [5, 5.41) is 16.1. The Kier molecular flexibility index (Phi) is 3.44. The van der Waals surface area contributed by atoms with Crippen LogP contribution in [0.4, 0.5) is 5.69 Å². The van der Waals surface area contributed by atoms with E-state index in [0.717, 1.165) is 18.4 Å². The Morgan fingerprint density at radius 3 is 2.73 bits per heavy atom. The molecule has 114 valence electrons. The van der Waals surface area contributed by atoms with Gasteiger partial charge in [0.15, 0.2) is 0 Å². The molecule has 0 aliphatic heterocycles. The summed E-state index contributed by atoms with van der Waals surface area (Å²) < 4.78 is 1.56. The van der Waals surface area contributed by atoms with E-state index >= 15 is 0 Å². The molecule has 2 N–H and O–H groups in total. The first kappa shape index (κ1) is 14.3. The van der Waals surface area contributed by atoms with Gasteiger partial charge in [0.25, 0.3) is 5.91 Å². The number of amides is 1. The first-order valence-corrected chi connectivity index (χ1v) is 7.14. The number of nitrogens with one attached hydrogen (secondary N) is 1. The number of carbonyl (C=O) groups is 2. The molecule has 1 aliphatic rings. The number of nitrogens with zero attached hydrogens (tertiary/aromatic N) is 2. The van der Waals surface area contributed by atoms with E-state index in [4.69, 9.17) is 5.11 Å². The van der Waals surface area contributed by atoms with Gasteiger partial charge in [0.2, 0.25) is 0 Å². The molecule has 0 spiro atoms. The lowest BCUT2D eigenvalue weighted by Gasteiger charge is -2.09. The minimum Gasteiger partial charge on any atom is -0.478 e. The summed E-state index contributed by atoms with van der Waals surface area (Å²) in [6.07, 6.45) is 3.91. The van der Waals surface area contributed by atoms with E-state index in [2.05, 4.69) is 10.4 Å². The highest BCUT2D eigenvalue weighted by molar-refractivity contribution is 6.05. The number of aromatic nitrogens is 2. The number of carbonyl (C=O) groups excluding carboxylic acids is 1. The number of aromatic carboxylic acids is 1. The summed E-state index contributed by atoms with van der Waals surface area (Å²) in [5.41, 5.74) is 2.82. The van der Waals surface area contributed by atoms with Gasteiger partial charge in [0.1, 0.15) is 5.69 Å². The Morgan fingerprint density at radius 2 is 2.09 bits per heavy atom. The Labute approximate surface area is 127 Å². The van der Waals surface area contributed by atoms with Crippen LogP contribution in [0.1, 0.15) is 50.7 Å². The molecule has 0 unspecified atom stereocenters.